The van der Waals surface area contributed by atoms with E-state index in [1.807, 2.05) is 13.8 Å². The van der Waals surface area contributed by atoms with Crippen molar-refractivity contribution in [2.24, 2.45) is 0 Å². The molecule has 0 radical (unpaired) electrons. The molecule has 0 atom stereocenters. The summed E-state index contributed by atoms with van der Waals surface area (Å²) in [6.07, 6.45) is 13.7. The number of esters is 2. The van der Waals surface area contributed by atoms with Gasteiger partial charge in [0.15, 0.2) is 0 Å². The molecule has 0 fully saturated rings. The molecule has 0 N–H and O–H groups in total. The van der Waals surface area contributed by atoms with Crippen molar-refractivity contribution in [2.75, 3.05) is 13.2 Å². The largest absolute Gasteiger partial charge is 2.00 e. The Morgan fingerprint density at radius 1 is 0.434 bits per heavy atom. The summed E-state index contributed by atoms with van der Waals surface area (Å²) in [5.74, 6) is 1.09. The number of hydrogen-bond donors (Lipinski definition) is 0. The van der Waals surface area contributed by atoms with Gasteiger partial charge in [0.25, 0.3) is 0 Å². The molecule has 4 aromatic carbocycles. The van der Waals surface area contributed by atoms with Crippen molar-refractivity contribution in [1.29, 1.82) is 0 Å². The standard InChI is InChI=1S/2C21H18O5.Fe/c2*1-2-24-17-11-13-19(14-12-17)26-21(23)16-7-9-18(10-8-16)25-20(22)15-5-3-4-6-15;/h2*3-14,22H,2H2,1H3;/q;;+2/p-2. The minimum atomic E-state index is -0.497. The molecule has 11 heteroatoms. The second-order valence-corrected chi connectivity index (χ2v) is 10.8. The normalized spacial score (nSPS) is 11.9. The molecule has 0 saturated heterocycles. The molecule has 10 nitrogen and oxygen atoms in total. The summed E-state index contributed by atoms with van der Waals surface area (Å²) in [5.41, 5.74) is 1.66. The SMILES string of the molecule is CCOc1ccc(OC(=O)c2ccc(OC([O-])=C3C=CC=C3)cc2)cc1.CCOc1ccc(OC(=O)c2ccc(OC([O-])=C3C=CC=C3)cc2)cc1.[Fe+2]. The van der Waals surface area contributed by atoms with Gasteiger partial charge in [-0.3, -0.25) is 0 Å². The van der Waals surface area contributed by atoms with Crippen LogP contribution in [0.1, 0.15) is 34.6 Å². The Balaban J connectivity index is 0.000000232. The summed E-state index contributed by atoms with van der Waals surface area (Å²) in [5, 5.41) is 23.8. The van der Waals surface area contributed by atoms with Crippen molar-refractivity contribution in [2.45, 2.75) is 13.8 Å². The van der Waals surface area contributed by atoms with Crippen LogP contribution in [0.25, 0.3) is 0 Å². The second kappa shape index (κ2) is 19.8. The van der Waals surface area contributed by atoms with Gasteiger partial charge in [-0.05, 0) is 122 Å². The quantitative estimate of drug-likeness (QED) is 0.0661. The molecule has 4 aromatic rings. The number of rotatable bonds is 12. The first-order chi connectivity index (χ1) is 25.3. The maximum Gasteiger partial charge on any atom is 2.00 e. The predicted molar refractivity (Wildman–Crippen MR) is 190 cm³/mol. The summed E-state index contributed by atoms with van der Waals surface area (Å²) in [6.45, 7) is 4.94. The van der Waals surface area contributed by atoms with Crippen LogP contribution >= 0.6 is 0 Å². The first-order valence-electron chi connectivity index (χ1n) is 16.3. The number of hydrogen-bond acceptors (Lipinski definition) is 10. The van der Waals surface area contributed by atoms with E-state index >= 15 is 0 Å². The first-order valence-corrected chi connectivity index (χ1v) is 16.3. The van der Waals surface area contributed by atoms with Crippen LogP contribution in [0.5, 0.6) is 34.5 Å². The van der Waals surface area contributed by atoms with Crippen molar-refractivity contribution < 1.29 is 65.3 Å². The topological polar surface area (TPSA) is 136 Å². The van der Waals surface area contributed by atoms with Gasteiger partial charge in [-0.15, -0.1) is 0 Å². The second-order valence-electron chi connectivity index (χ2n) is 10.8. The number of carbonyl (C=O) groups is 2. The Labute approximate surface area is 317 Å². The van der Waals surface area contributed by atoms with Crippen LogP contribution in [0.15, 0.2) is 169 Å². The molecule has 0 spiro atoms. The van der Waals surface area contributed by atoms with Crippen LogP contribution in [-0.4, -0.2) is 25.2 Å². The van der Waals surface area contributed by atoms with E-state index in [1.165, 1.54) is 0 Å². The zero-order valence-electron chi connectivity index (χ0n) is 28.7. The molecule has 6 rings (SSSR count). The van der Waals surface area contributed by atoms with E-state index in [0.717, 1.165) is 0 Å². The molecular weight excluding hydrogens is 720 g/mol. The molecular formula is C42H34FeO10. The van der Waals surface area contributed by atoms with Crippen LogP contribution in [0.3, 0.4) is 0 Å². The van der Waals surface area contributed by atoms with Gasteiger partial charge >= 0.3 is 29.0 Å². The molecule has 0 heterocycles. The number of benzene rings is 4. The third-order valence-electron chi connectivity index (χ3n) is 7.09. The Bertz CT molecular complexity index is 1840. The van der Waals surface area contributed by atoms with Gasteiger partial charge in [0.05, 0.1) is 36.2 Å². The van der Waals surface area contributed by atoms with Crippen LogP contribution < -0.4 is 38.6 Å². The van der Waals surface area contributed by atoms with Gasteiger partial charge in [-0.2, -0.15) is 0 Å². The fraction of sp³-hybridized carbons (Fsp3) is 0.0952. The minimum Gasteiger partial charge on any atom is -0.579 e. The number of allylic oxidation sites excluding steroid dienone is 10. The molecule has 0 aromatic heterocycles. The van der Waals surface area contributed by atoms with E-state index < -0.39 is 23.8 Å². The first kappa shape index (κ1) is 39.4. The van der Waals surface area contributed by atoms with Gasteiger partial charge in [-0.25, -0.2) is 9.59 Å². The van der Waals surface area contributed by atoms with Crippen LogP contribution in [0.2, 0.25) is 0 Å². The van der Waals surface area contributed by atoms with E-state index in [2.05, 4.69) is 0 Å². The molecule has 0 amide bonds. The average molecular weight is 755 g/mol. The van der Waals surface area contributed by atoms with Gasteiger partial charge in [0.1, 0.15) is 23.0 Å². The zero-order chi connectivity index (χ0) is 36.7. The molecule has 270 valence electrons. The van der Waals surface area contributed by atoms with E-state index in [1.54, 1.807) is 146 Å². The minimum absolute atomic E-state index is 0. The summed E-state index contributed by atoms with van der Waals surface area (Å²) < 4.78 is 31.8. The Morgan fingerprint density at radius 3 is 1.00 bits per heavy atom. The summed E-state index contributed by atoms with van der Waals surface area (Å²) in [4.78, 5) is 24.4. The molecule has 0 unspecified atom stereocenters. The van der Waals surface area contributed by atoms with Crippen LogP contribution in [0.4, 0.5) is 0 Å². The van der Waals surface area contributed by atoms with Crippen LogP contribution in [-0.2, 0) is 17.1 Å². The zero-order valence-corrected chi connectivity index (χ0v) is 29.8. The summed E-state index contributed by atoms with van der Waals surface area (Å²) in [6, 6.07) is 26.0. The molecule has 2 aliphatic rings. The third-order valence-corrected chi connectivity index (χ3v) is 7.09. The van der Waals surface area contributed by atoms with Gasteiger partial charge < -0.3 is 38.6 Å². The Hall–Kier alpha value is -6.42. The molecule has 53 heavy (non-hydrogen) atoms. The van der Waals surface area contributed by atoms with E-state index in [4.69, 9.17) is 28.4 Å². The van der Waals surface area contributed by atoms with Crippen molar-refractivity contribution in [3.05, 3.63) is 180 Å². The molecule has 2 aliphatic carbocycles. The van der Waals surface area contributed by atoms with Crippen molar-refractivity contribution >= 4 is 11.9 Å². The Morgan fingerprint density at radius 2 is 0.698 bits per heavy atom. The Kier molecular flexibility index (Phi) is 14.7. The predicted octanol–water partition coefficient (Wildman–Crippen LogP) is 6.76. The monoisotopic (exact) mass is 754 g/mol. The fourth-order valence-corrected chi connectivity index (χ4v) is 4.54. The van der Waals surface area contributed by atoms with Crippen molar-refractivity contribution in [3.8, 4) is 34.5 Å². The van der Waals surface area contributed by atoms with Gasteiger partial charge in [0, 0.05) is 11.5 Å². The van der Waals surface area contributed by atoms with Crippen molar-refractivity contribution in [3.63, 3.8) is 0 Å². The van der Waals surface area contributed by atoms with Gasteiger partial charge in [0.2, 0.25) is 0 Å². The van der Waals surface area contributed by atoms with Crippen molar-refractivity contribution in [1.82, 2.24) is 0 Å². The molecule has 0 bridgehead atoms. The van der Waals surface area contributed by atoms with Crippen LogP contribution in [0, 0.1) is 0 Å². The fourth-order valence-electron chi connectivity index (χ4n) is 4.54. The van der Waals surface area contributed by atoms with E-state index in [9.17, 15) is 19.8 Å². The third kappa shape index (κ3) is 11.8. The average Bonchev–Trinajstić information content (AvgIpc) is 3.91. The maximum absolute atomic E-state index is 12.2. The molecule has 0 saturated carbocycles. The van der Waals surface area contributed by atoms with Gasteiger partial charge in [-0.1, -0.05) is 48.6 Å². The summed E-state index contributed by atoms with van der Waals surface area (Å²) >= 11 is 0. The maximum atomic E-state index is 12.2. The number of ether oxygens (including phenoxy) is 6. The summed E-state index contributed by atoms with van der Waals surface area (Å²) in [7, 11) is 0. The smallest absolute Gasteiger partial charge is 0.579 e. The van der Waals surface area contributed by atoms with E-state index in [0.29, 0.717) is 70.0 Å². The number of carbonyl (C=O) groups excluding carboxylic acids is 2. The van der Waals surface area contributed by atoms with E-state index in [-0.39, 0.29) is 17.1 Å². The molecule has 0 aliphatic heterocycles.